The average Bonchev–Trinajstić information content (AvgIpc) is 2.54. The second-order valence-electron chi connectivity index (χ2n) is 6.17. The molecule has 0 unspecified atom stereocenters. The molecule has 0 saturated heterocycles. The lowest BCUT2D eigenvalue weighted by Gasteiger charge is -2.20. The second-order valence-corrected chi connectivity index (χ2v) is 7.45. The number of aromatic nitrogens is 2. The minimum Gasteiger partial charge on any atom is -0.370 e. The van der Waals surface area contributed by atoms with Gasteiger partial charge < -0.3 is 10.7 Å². The van der Waals surface area contributed by atoms with E-state index in [0.717, 1.165) is 27.9 Å². The standard InChI is InChI=1S/C16H20N2OS.C2H5NO/c1-11-6-5-9-13-15(11)17-14(18-16(13)19)10-20-12-7-3-2-4-8-12;1-2(3)4/h5-6,9,12H,2-4,7-8,10H2,1H3,(H,17,18,19);1H3,(H2,3,4). The Morgan fingerprint density at radius 2 is 2.00 bits per heavy atom. The van der Waals surface area contributed by atoms with Gasteiger partial charge in [-0.3, -0.25) is 9.59 Å². The first-order chi connectivity index (χ1) is 11.5. The summed E-state index contributed by atoms with van der Waals surface area (Å²) in [6, 6.07) is 5.75. The van der Waals surface area contributed by atoms with Crippen molar-refractivity contribution in [3.63, 3.8) is 0 Å². The number of amides is 1. The fourth-order valence-electron chi connectivity index (χ4n) is 2.85. The van der Waals surface area contributed by atoms with Crippen LogP contribution in [0.2, 0.25) is 0 Å². The van der Waals surface area contributed by atoms with Crippen LogP contribution < -0.4 is 11.3 Å². The van der Waals surface area contributed by atoms with Gasteiger partial charge in [-0.05, 0) is 31.4 Å². The van der Waals surface area contributed by atoms with E-state index >= 15 is 0 Å². The van der Waals surface area contributed by atoms with Gasteiger partial charge in [-0.2, -0.15) is 11.8 Å². The summed E-state index contributed by atoms with van der Waals surface area (Å²) >= 11 is 1.94. The Bertz CT molecular complexity index is 748. The molecule has 0 spiro atoms. The summed E-state index contributed by atoms with van der Waals surface area (Å²) < 4.78 is 0. The van der Waals surface area contributed by atoms with E-state index in [-0.39, 0.29) is 11.5 Å². The Kier molecular flexibility index (Phi) is 6.85. The maximum Gasteiger partial charge on any atom is 0.258 e. The van der Waals surface area contributed by atoms with E-state index < -0.39 is 0 Å². The normalized spacial score (nSPS) is 14.9. The fourth-order valence-corrected chi connectivity index (χ4v) is 4.05. The predicted octanol–water partition coefficient (Wildman–Crippen LogP) is 3.29. The van der Waals surface area contributed by atoms with Gasteiger partial charge in [0.05, 0.1) is 16.7 Å². The number of primary amides is 1. The van der Waals surface area contributed by atoms with Crippen molar-refractivity contribution in [2.75, 3.05) is 0 Å². The van der Waals surface area contributed by atoms with Crippen molar-refractivity contribution in [3.05, 3.63) is 39.9 Å². The molecule has 0 aliphatic heterocycles. The lowest BCUT2D eigenvalue weighted by Crippen LogP contribution is -2.13. The Balaban J connectivity index is 0.000000471. The predicted molar refractivity (Wildman–Crippen MR) is 100 cm³/mol. The summed E-state index contributed by atoms with van der Waals surface area (Å²) in [5.41, 5.74) is 6.37. The van der Waals surface area contributed by atoms with Crippen molar-refractivity contribution < 1.29 is 4.79 Å². The van der Waals surface area contributed by atoms with Crippen molar-refractivity contribution in [1.29, 1.82) is 0 Å². The van der Waals surface area contributed by atoms with E-state index in [1.807, 2.05) is 36.9 Å². The maximum absolute atomic E-state index is 12.1. The molecule has 24 heavy (non-hydrogen) atoms. The highest BCUT2D eigenvalue weighted by Crippen LogP contribution is 2.29. The Labute approximate surface area is 146 Å². The van der Waals surface area contributed by atoms with Gasteiger partial charge in [0.1, 0.15) is 5.82 Å². The highest BCUT2D eigenvalue weighted by molar-refractivity contribution is 7.99. The summed E-state index contributed by atoms with van der Waals surface area (Å²) in [7, 11) is 0. The molecule has 0 radical (unpaired) electrons. The van der Waals surface area contributed by atoms with Crippen LogP contribution in [0.5, 0.6) is 0 Å². The zero-order valence-corrected chi connectivity index (χ0v) is 15.1. The van der Waals surface area contributed by atoms with Crippen LogP contribution >= 0.6 is 11.8 Å². The number of nitrogens with two attached hydrogens (primary N) is 1. The SMILES string of the molecule is CC(N)=O.Cc1cccc2c(=O)[nH]c(CSC3CCCCC3)nc12. The number of fused-ring (bicyclic) bond motifs is 1. The zero-order chi connectivity index (χ0) is 17.5. The number of aryl methyl sites for hydroxylation is 1. The van der Waals surface area contributed by atoms with Gasteiger partial charge in [-0.1, -0.05) is 31.4 Å². The van der Waals surface area contributed by atoms with Crippen LogP contribution in [0.15, 0.2) is 23.0 Å². The molecule has 6 heteroatoms. The third-order valence-corrected chi connectivity index (χ3v) is 5.38. The number of carbonyl (C=O) groups excluding carboxylic acids is 1. The van der Waals surface area contributed by atoms with Crippen molar-refractivity contribution in [1.82, 2.24) is 9.97 Å². The van der Waals surface area contributed by atoms with Crippen LogP contribution in [-0.4, -0.2) is 21.1 Å². The van der Waals surface area contributed by atoms with Gasteiger partial charge in [-0.25, -0.2) is 4.98 Å². The number of H-pyrrole nitrogens is 1. The van der Waals surface area contributed by atoms with Gasteiger partial charge in [0.15, 0.2) is 0 Å². The molecular weight excluding hydrogens is 322 g/mol. The number of aromatic amines is 1. The summed E-state index contributed by atoms with van der Waals surface area (Å²) in [4.78, 5) is 28.9. The molecule has 3 N–H and O–H groups in total. The molecule has 1 aromatic heterocycles. The highest BCUT2D eigenvalue weighted by Gasteiger charge is 2.14. The molecule has 130 valence electrons. The van der Waals surface area contributed by atoms with Crippen LogP contribution in [0.4, 0.5) is 0 Å². The molecular formula is C18H25N3O2S. The Morgan fingerprint density at radius 1 is 1.33 bits per heavy atom. The third-order valence-electron chi connectivity index (χ3n) is 3.99. The highest BCUT2D eigenvalue weighted by atomic mass is 32.2. The number of para-hydroxylation sites is 1. The molecule has 3 rings (SSSR count). The summed E-state index contributed by atoms with van der Waals surface area (Å²) in [6.45, 7) is 3.31. The summed E-state index contributed by atoms with van der Waals surface area (Å²) in [5.74, 6) is 1.29. The first-order valence-corrected chi connectivity index (χ1v) is 9.38. The molecule has 1 saturated carbocycles. The molecule has 2 aromatic rings. The van der Waals surface area contributed by atoms with E-state index in [2.05, 4.69) is 15.7 Å². The molecule has 5 nitrogen and oxygen atoms in total. The van der Waals surface area contributed by atoms with E-state index in [9.17, 15) is 9.59 Å². The molecule has 1 amide bonds. The number of benzene rings is 1. The molecule has 1 aliphatic carbocycles. The number of hydrogen-bond donors (Lipinski definition) is 2. The number of nitrogens with zero attached hydrogens (tertiary/aromatic N) is 1. The van der Waals surface area contributed by atoms with Crippen molar-refractivity contribution in [2.24, 2.45) is 5.73 Å². The van der Waals surface area contributed by atoms with E-state index in [0.29, 0.717) is 5.39 Å². The largest absolute Gasteiger partial charge is 0.370 e. The Hall–Kier alpha value is -1.82. The van der Waals surface area contributed by atoms with Crippen LogP contribution in [0.3, 0.4) is 0 Å². The fraction of sp³-hybridized carbons (Fsp3) is 0.500. The topological polar surface area (TPSA) is 88.8 Å². The molecule has 1 heterocycles. The molecule has 0 bridgehead atoms. The van der Waals surface area contributed by atoms with Gasteiger partial charge in [0, 0.05) is 12.2 Å². The minimum atomic E-state index is -0.333. The van der Waals surface area contributed by atoms with Crippen molar-refractivity contribution in [2.45, 2.75) is 57.0 Å². The number of hydrogen-bond acceptors (Lipinski definition) is 4. The zero-order valence-electron chi connectivity index (χ0n) is 14.3. The van der Waals surface area contributed by atoms with Crippen LogP contribution in [0.1, 0.15) is 50.4 Å². The maximum atomic E-state index is 12.1. The van der Waals surface area contributed by atoms with Gasteiger partial charge in [-0.15, -0.1) is 0 Å². The third kappa shape index (κ3) is 5.37. The average molecular weight is 347 g/mol. The van der Waals surface area contributed by atoms with Crippen LogP contribution in [0, 0.1) is 6.92 Å². The summed E-state index contributed by atoms with van der Waals surface area (Å²) in [6.07, 6.45) is 6.68. The van der Waals surface area contributed by atoms with E-state index in [4.69, 9.17) is 0 Å². The molecule has 0 atom stereocenters. The monoisotopic (exact) mass is 347 g/mol. The van der Waals surface area contributed by atoms with Crippen molar-refractivity contribution >= 4 is 28.6 Å². The molecule has 1 aromatic carbocycles. The molecule has 1 fully saturated rings. The number of carbonyl (C=O) groups is 1. The van der Waals surface area contributed by atoms with Gasteiger partial charge >= 0.3 is 0 Å². The second kappa shape index (κ2) is 8.87. The van der Waals surface area contributed by atoms with Gasteiger partial charge in [0.25, 0.3) is 5.56 Å². The minimum absolute atomic E-state index is 0.0158. The Morgan fingerprint density at radius 3 is 2.67 bits per heavy atom. The van der Waals surface area contributed by atoms with E-state index in [1.54, 1.807) is 0 Å². The number of nitrogens with one attached hydrogen (secondary N) is 1. The number of thioether (sulfide) groups is 1. The number of rotatable bonds is 3. The van der Waals surface area contributed by atoms with Crippen LogP contribution in [-0.2, 0) is 10.5 Å². The van der Waals surface area contributed by atoms with Crippen molar-refractivity contribution in [3.8, 4) is 0 Å². The van der Waals surface area contributed by atoms with Crippen LogP contribution in [0.25, 0.3) is 10.9 Å². The smallest absolute Gasteiger partial charge is 0.258 e. The quantitative estimate of drug-likeness (QED) is 0.891. The first kappa shape index (κ1) is 18.5. The van der Waals surface area contributed by atoms with E-state index in [1.165, 1.54) is 39.0 Å². The van der Waals surface area contributed by atoms with Gasteiger partial charge in [0.2, 0.25) is 5.91 Å². The lowest BCUT2D eigenvalue weighted by molar-refractivity contribution is -0.115. The lowest BCUT2D eigenvalue weighted by atomic mass is 10.0. The molecule has 1 aliphatic rings. The summed E-state index contributed by atoms with van der Waals surface area (Å²) in [5, 5.41) is 1.43. The first-order valence-electron chi connectivity index (χ1n) is 8.33.